The third-order valence-corrected chi connectivity index (χ3v) is 5.17. The van der Waals surface area contributed by atoms with Gasteiger partial charge in [-0.1, -0.05) is 0 Å². The van der Waals surface area contributed by atoms with Gasteiger partial charge < -0.3 is 10.1 Å². The summed E-state index contributed by atoms with van der Waals surface area (Å²) in [5, 5.41) is 3.56. The number of anilines is 1. The number of carbonyl (C=O) groups excluding carboxylic acids is 2. The van der Waals surface area contributed by atoms with Crippen LogP contribution in [0.1, 0.15) is 59.8 Å². The van der Waals surface area contributed by atoms with Crippen molar-refractivity contribution in [2.24, 2.45) is 0 Å². The number of carbonyl (C=O) groups is 2. The summed E-state index contributed by atoms with van der Waals surface area (Å²) in [4.78, 5) is 25.5. The Morgan fingerprint density at radius 2 is 2.05 bits per heavy atom. The number of alkyl halides is 1. The molecular weight excluding hydrogens is 322 g/mol. The second kappa shape index (κ2) is 8.53. The smallest absolute Gasteiger partial charge is 0.341 e. The highest BCUT2D eigenvalue weighted by Gasteiger charge is 2.27. The highest BCUT2D eigenvalue weighted by Crippen LogP contribution is 2.38. The van der Waals surface area contributed by atoms with Gasteiger partial charge >= 0.3 is 5.97 Å². The molecule has 1 aromatic rings. The van der Waals surface area contributed by atoms with Gasteiger partial charge in [-0.05, 0) is 51.0 Å². The maximum Gasteiger partial charge on any atom is 0.341 e. The SMILES string of the molecule is CCOC(=O)c1c(NC(=O)CCCCCl)sc2c1CCCC2. The zero-order valence-corrected chi connectivity index (χ0v) is 14.4. The predicted molar refractivity (Wildman–Crippen MR) is 90.1 cm³/mol. The van der Waals surface area contributed by atoms with Crippen molar-refractivity contribution in [1.29, 1.82) is 0 Å². The van der Waals surface area contributed by atoms with Crippen molar-refractivity contribution in [3.63, 3.8) is 0 Å². The van der Waals surface area contributed by atoms with E-state index in [4.69, 9.17) is 16.3 Å². The Balaban J connectivity index is 2.17. The van der Waals surface area contributed by atoms with Crippen LogP contribution < -0.4 is 5.32 Å². The van der Waals surface area contributed by atoms with Crippen LogP contribution in [0.4, 0.5) is 5.00 Å². The maximum atomic E-state index is 12.3. The third-order valence-electron chi connectivity index (χ3n) is 3.69. The summed E-state index contributed by atoms with van der Waals surface area (Å²) in [7, 11) is 0. The molecular formula is C16H22ClNO3S. The van der Waals surface area contributed by atoms with Crippen molar-refractivity contribution in [3.8, 4) is 0 Å². The number of esters is 1. The summed E-state index contributed by atoms with van der Waals surface area (Å²) < 4.78 is 5.17. The molecule has 2 rings (SSSR count). The number of nitrogens with one attached hydrogen (secondary N) is 1. The second-order valence-electron chi connectivity index (χ2n) is 5.33. The quantitative estimate of drug-likeness (QED) is 0.459. The summed E-state index contributed by atoms with van der Waals surface area (Å²) in [6.45, 7) is 2.13. The molecule has 0 fully saturated rings. The monoisotopic (exact) mass is 343 g/mol. The molecule has 0 aromatic carbocycles. The van der Waals surface area contributed by atoms with Crippen molar-refractivity contribution in [2.45, 2.75) is 51.9 Å². The van der Waals surface area contributed by atoms with E-state index in [1.807, 2.05) is 0 Å². The molecule has 1 aromatic heterocycles. The molecule has 6 heteroatoms. The molecule has 0 saturated heterocycles. The van der Waals surface area contributed by atoms with Gasteiger partial charge in [0.2, 0.25) is 5.91 Å². The van der Waals surface area contributed by atoms with Crippen LogP contribution in [0, 0.1) is 0 Å². The number of rotatable bonds is 7. The Kier molecular flexibility index (Phi) is 6.70. The van der Waals surface area contributed by atoms with E-state index in [1.165, 1.54) is 16.2 Å². The average Bonchev–Trinajstić information content (AvgIpc) is 2.85. The van der Waals surface area contributed by atoms with Crippen molar-refractivity contribution in [3.05, 3.63) is 16.0 Å². The fraction of sp³-hybridized carbons (Fsp3) is 0.625. The van der Waals surface area contributed by atoms with E-state index in [0.717, 1.165) is 44.1 Å². The molecule has 122 valence electrons. The molecule has 1 amide bonds. The van der Waals surface area contributed by atoms with Crippen LogP contribution in [0.15, 0.2) is 0 Å². The first-order valence-electron chi connectivity index (χ1n) is 7.84. The standard InChI is InChI=1S/C16H22ClNO3S/c1-2-21-16(20)14-11-7-3-4-8-12(11)22-15(14)18-13(19)9-5-6-10-17/h2-10H2,1H3,(H,18,19). The summed E-state index contributed by atoms with van der Waals surface area (Å²) in [6, 6.07) is 0. The van der Waals surface area contributed by atoms with Crippen LogP contribution in [0.2, 0.25) is 0 Å². The van der Waals surface area contributed by atoms with E-state index in [0.29, 0.717) is 29.5 Å². The number of ether oxygens (including phenoxy) is 1. The van der Waals surface area contributed by atoms with Crippen molar-refractivity contribution in [1.82, 2.24) is 0 Å². The van der Waals surface area contributed by atoms with Gasteiger partial charge in [-0.3, -0.25) is 4.79 Å². The molecule has 0 bridgehead atoms. The molecule has 0 spiro atoms. The van der Waals surface area contributed by atoms with Crippen LogP contribution in [0.3, 0.4) is 0 Å². The molecule has 22 heavy (non-hydrogen) atoms. The largest absolute Gasteiger partial charge is 0.462 e. The van der Waals surface area contributed by atoms with E-state index < -0.39 is 0 Å². The highest BCUT2D eigenvalue weighted by atomic mass is 35.5. The number of unbranched alkanes of at least 4 members (excludes halogenated alkanes) is 1. The van der Waals surface area contributed by atoms with E-state index in [9.17, 15) is 9.59 Å². The number of fused-ring (bicyclic) bond motifs is 1. The van der Waals surface area contributed by atoms with Gasteiger partial charge in [0, 0.05) is 17.2 Å². The minimum Gasteiger partial charge on any atom is -0.462 e. The number of thiophene rings is 1. The van der Waals surface area contributed by atoms with Crippen LogP contribution >= 0.6 is 22.9 Å². The van der Waals surface area contributed by atoms with Gasteiger partial charge in [0.15, 0.2) is 0 Å². The van der Waals surface area contributed by atoms with Gasteiger partial charge in [0.1, 0.15) is 5.00 Å². The minimum atomic E-state index is -0.321. The Bertz CT molecular complexity index is 542. The lowest BCUT2D eigenvalue weighted by molar-refractivity contribution is -0.116. The Morgan fingerprint density at radius 3 is 2.77 bits per heavy atom. The van der Waals surface area contributed by atoms with Crippen molar-refractivity contribution in [2.75, 3.05) is 17.8 Å². The first-order valence-corrected chi connectivity index (χ1v) is 9.20. The van der Waals surface area contributed by atoms with Crippen LogP contribution in [-0.4, -0.2) is 24.4 Å². The summed E-state index contributed by atoms with van der Waals surface area (Å²) >= 11 is 7.15. The van der Waals surface area contributed by atoms with Gasteiger partial charge in [0.05, 0.1) is 12.2 Å². The van der Waals surface area contributed by atoms with E-state index in [-0.39, 0.29) is 11.9 Å². The second-order valence-corrected chi connectivity index (χ2v) is 6.81. The van der Waals surface area contributed by atoms with Gasteiger partial charge in [-0.2, -0.15) is 0 Å². The topological polar surface area (TPSA) is 55.4 Å². The summed E-state index contributed by atoms with van der Waals surface area (Å²) in [6.07, 6.45) is 6.10. The molecule has 0 saturated carbocycles. The maximum absolute atomic E-state index is 12.3. The number of hydrogen-bond donors (Lipinski definition) is 1. The van der Waals surface area contributed by atoms with Crippen molar-refractivity contribution >= 4 is 39.8 Å². The lowest BCUT2D eigenvalue weighted by Gasteiger charge is -2.12. The van der Waals surface area contributed by atoms with Crippen LogP contribution in [-0.2, 0) is 22.4 Å². The zero-order chi connectivity index (χ0) is 15.9. The normalized spacial score (nSPS) is 13.5. The molecule has 1 aliphatic rings. The molecule has 1 N–H and O–H groups in total. The van der Waals surface area contributed by atoms with Gasteiger partial charge in [-0.15, -0.1) is 22.9 Å². The third kappa shape index (κ3) is 4.23. The van der Waals surface area contributed by atoms with E-state index in [1.54, 1.807) is 6.92 Å². The van der Waals surface area contributed by atoms with Crippen molar-refractivity contribution < 1.29 is 14.3 Å². The highest BCUT2D eigenvalue weighted by molar-refractivity contribution is 7.17. The van der Waals surface area contributed by atoms with E-state index >= 15 is 0 Å². The summed E-state index contributed by atoms with van der Waals surface area (Å²) in [5.74, 6) is 0.182. The fourth-order valence-electron chi connectivity index (χ4n) is 2.64. The average molecular weight is 344 g/mol. The van der Waals surface area contributed by atoms with E-state index in [2.05, 4.69) is 5.32 Å². The number of halogens is 1. The number of aryl methyl sites for hydroxylation is 1. The molecule has 1 heterocycles. The zero-order valence-electron chi connectivity index (χ0n) is 12.9. The lowest BCUT2D eigenvalue weighted by Crippen LogP contribution is -2.15. The van der Waals surface area contributed by atoms with Gasteiger partial charge in [-0.25, -0.2) is 4.79 Å². The lowest BCUT2D eigenvalue weighted by atomic mass is 9.95. The first kappa shape index (κ1) is 17.3. The molecule has 0 radical (unpaired) electrons. The molecule has 0 unspecified atom stereocenters. The predicted octanol–water partition coefficient (Wildman–Crippen LogP) is 4.15. The first-order chi connectivity index (χ1) is 10.7. The molecule has 0 aliphatic heterocycles. The summed E-state index contributed by atoms with van der Waals surface area (Å²) in [5.41, 5.74) is 1.65. The molecule has 4 nitrogen and oxygen atoms in total. The minimum absolute atomic E-state index is 0.0609. The fourth-order valence-corrected chi connectivity index (χ4v) is 4.12. The van der Waals surface area contributed by atoms with Crippen LogP contribution in [0.5, 0.6) is 0 Å². The molecule has 1 aliphatic carbocycles. The van der Waals surface area contributed by atoms with Crippen LogP contribution in [0.25, 0.3) is 0 Å². The number of amides is 1. The Labute approximate surface area is 140 Å². The molecule has 0 atom stereocenters. The van der Waals surface area contributed by atoms with Gasteiger partial charge in [0.25, 0.3) is 0 Å². The Morgan fingerprint density at radius 1 is 1.27 bits per heavy atom. The number of hydrogen-bond acceptors (Lipinski definition) is 4. The Hall–Kier alpha value is -1.07.